The molecule has 2 aromatic rings. The maximum absolute atomic E-state index is 7.65. The largest absolute Gasteiger partial charge is 0.259 e. The first kappa shape index (κ1) is 3.66. The van der Waals surface area contributed by atoms with Crippen molar-refractivity contribution in [2.24, 2.45) is 0 Å². The Kier molecular flexibility index (Phi) is 0.920. The van der Waals surface area contributed by atoms with Crippen molar-refractivity contribution in [3.8, 4) is 5.82 Å². The van der Waals surface area contributed by atoms with Gasteiger partial charge < -0.3 is 0 Å². The van der Waals surface area contributed by atoms with Crippen LogP contribution in [0.5, 0.6) is 0 Å². The zero-order valence-corrected chi connectivity index (χ0v) is 7.25. The standard InChI is InChI=1S/C7H5BrN4/c8-6-3-11-12(5-6)7-4-9-1-2-10-7/h1-5H/i1D,2D,3D,4D,5D. The van der Waals surface area contributed by atoms with Gasteiger partial charge in [0.25, 0.3) is 0 Å². The van der Waals surface area contributed by atoms with Gasteiger partial charge >= 0.3 is 0 Å². The lowest BCUT2D eigenvalue weighted by atomic mass is 10.6. The molecule has 60 valence electrons. The van der Waals surface area contributed by atoms with Crippen molar-refractivity contribution in [1.29, 1.82) is 0 Å². The first-order chi connectivity index (χ1) is 7.91. The summed E-state index contributed by atoms with van der Waals surface area (Å²) in [5, 5.41) is 3.69. The quantitative estimate of drug-likeness (QED) is 0.744. The van der Waals surface area contributed by atoms with Crippen molar-refractivity contribution < 1.29 is 6.85 Å². The molecule has 0 saturated heterocycles. The molecule has 0 fully saturated rings. The summed E-state index contributed by atoms with van der Waals surface area (Å²) in [7, 11) is 0. The topological polar surface area (TPSA) is 43.6 Å². The Balaban J connectivity index is 2.68. The zero-order valence-electron chi connectivity index (χ0n) is 10.7. The third-order valence-electron chi connectivity index (χ3n) is 1.08. The first-order valence-corrected chi connectivity index (χ1v) is 3.75. The highest BCUT2D eigenvalue weighted by molar-refractivity contribution is 9.10. The van der Waals surface area contributed by atoms with E-state index in [1.54, 1.807) is 0 Å². The van der Waals surface area contributed by atoms with Gasteiger partial charge in [0.2, 0.25) is 0 Å². The van der Waals surface area contributed by atoms with Gasteiger partial charge in [-0.15, -0.1) is 0 Å². The Hall–Kier alpha value is -1.23. The number of hydrogen-bond donors (Lipinski definition) is 0. The summed E-state index contributed by atoms with van der Waals surface area (Å²) in [6.45, 7) is 0. The fourth-order valence-corrected chi connectivity index (χ4v) is 0.885. The Labute approximate surface area is 84.4 Å². The molecule has 2 rings (SSSR count). The van der Waals surface area contributed by atoms with E-state index in [-0.39, 0.29) is 28.8 Å². The van der Waals surface area contributed by atoms with Crippen LogP contribution in [0.1, 0.15) is 6.85 Å². The molecule has 0 atom stereocenters. The summed E-state index contributed by atoms with van der Waals surface area (Å²) in [6.07, 6.45) is -1.52. The van der Waals surface area contributed by atoms with Crippen LogP contribution in [-0.4, -0.2) is 19.7 Å². The second-order valence-corrected chi connectivity index (χ2v) is 2.63. The van der Waals surface area contributed by atoms with E-state index in [9.17, 15) is 0 Å². The van der Waals surface area contributed by atoms with Crippen molar-refractivity contribution >= 4 is 15.9 Å². The molecule has 0 spiro atoms. The number of hydrogen-bond acceptors (Lipinski definition) is 3. The Morgan fingerprint density at radius 1 is 1.42 bits per heavy atom. The van der Waals surface area contributed by atoms with E-state index in [1.165, 1.54) is 0 Å². The molecule has 4 nitrogen and oxygen atoms in total. The van der Waals surface area contributed by atoms with E-state index in [0.717, 1.165) is 4.68 Å². The normalized spacial score (nSPS) is 15.9. The lowest BCUT2D eigenvalue weighted by Crippen LogP contribution is -1.97. The highest BCUT2D eigenvalue weighted by Crippen LogP contribution is 2.08. The van der Waals surface area contributed by atoms with Gasteiger partial charge in [0.1, 0.15) is 0 Å². The smallest absolute Gasteiger partial charge is 0.171 e. The van der Waals surface area contributed by atoms with Crippen LogP contribution in [0.15, 0.2) is 35.3 Å². The molecule has 0 aliphatic rings. The van der Waals surface area contributed by atoms with Crippen LogP contribution < -0.4 is 0 Å². The SMILES string of the molecule is [2H]c1nc([2H])c(-n2nc([2H])c(Br)c2[2H])nc1[2H]. The van der Waals surface area contributed by atoms with Gasteiger partial charge in [-0.25, -0.2) is 9.67 Å². The second kappa shape index (κ2) is 3.02. The maximum Gasteiger partial charge on any atom is 0.171 e. The first-order valence-electron chi connectivity index (χ1n) is 5.45. The summed E-state index contributed by atoms with van der Waals surface area (Å²) in [4.78, 5) is 7.16. The number of halogens is 1. The molecular formula is C7H5BrN4. The molecular weight excluding hydrogens is 220 g/mol. The van der Waals surface area contributed by atoms with E-state index >= 15 is 0 Å². The second-order valence-electron chi connectivity index (χ2n) is 1.83. The highest BCUT2D eigenvalue weighted by Gasteiger charge is 1.97. The minimum atomic E-state index is -0.414. The molecule has 5 heteroatoms. The summed E-state index contributed by atoms with van der Waals surface area (Å²) in [5.41, 5.74) is 0. The minimum absolute atomic E-state index is 0.143. The molecule has 0 aliphatic heterocycles. The van der Waals surface area contributed by atoms with Gasteiger partial charge in [0, 0.05) is 18.5 Å². The monoisotopic (exact) mass is 229 g/mol. The lowest BCUT2D eigenvalue weighted by molar-refractivity contribution is 0.837. The van der Waals surface area contributed by atoms with Gasteiger partial charge in [0.05, 0.1) is 23.7 Å². The minimum Gasteiger partial charge on any atom is -0.259 e. The van der Waals surface area contributed by atoms with Crippen LogP contribution in [0.3, 0.4) is 0 Å². The number of nitrogens with zero attached hydrogens (tertiary/aromatic N) is 4. The van der Waals surface area contributed by atoms with Gasteiger partial charge in [-0.2, -0.15) is 5.10 Å². The van der Waals surface area contributed by atoms with Crippen molar-refractivity contribution in [3.63, 3.8) is 0 Å². The zero-order chi connectivity index (χ0) is 12.7. The molecule has 0 aromatic carbocycles. The summed E-state index contributed by atoms with van der Waals surface area (Å²) < 4.78 is 38.2. The number of rotatable bonds is 1. The van der Waals surface area contributed by atoms with Crippen LogP contribution in [-0.2, 0) is 0 Å². The third-order valence-corrected chi connectivity index (χ3v) is 1.43. The Morgan fingerprint density at radius 2 is 2.33 bits per heavy atom. The van der Waals surface area contributed by atoms with Crippen molar-refractivity contribution in [1.82, 2.24) is 19.7 Å². The summed E-state index contributed by atoms with van der Waals surface area (Å²) in [5.74, 6) is -0.143. The van der Waals surface area contributed by atoms with Gasteiger partial charge in [-0.3, -0.25) is 4.98 Å². The molecule has 0 radical (unpaired) electrons. The Bertz CT molecular complexity index is 598. The van der Waals surface area contributed by atoms with Gasteiger partial charge in [-0.1, -0.05) is 0 Å². The van der Waals surface area contributed by atoms with Crippen molar-refractivity contribution in [2.45, 2.75) is 0 Å². The molecule has 0 saturated carbocycles. The molecule has 0 bridgehead atoms. The lowest BCUT2D eigenvalue weighted by Gasteiger charge is -1.95. The number of aromatic nitrogens is 4. The molecule has 2 heterocycles. The van der Waals surface area contributed by atoms with Crippen LogP contribution in [0.4, 0.5) is 0 Å². The molecule has 2 aromatic heterocycles. The summed E-state index contributed by atoms with van der Waals surface area (Å²) >= 11 is 3.00. The van der Waals surface area contributed by atoms with E-state index in [4.69, 9.17) is 6.85 Å². The predicted molar refractivity (Wildman–Crippen MR) is 46.9 cm³/mol. The van der Waals surface area contributed by atoms with E-state index in [2.05, 4.69) is 31.0 Å². The Morgan fingerprint density at radius 3 is 3.08 bits per heavy atom. The van der Waals surface area contributed by atoms with Gasteiger partial charge in [0.15, 0.2) is 5.82 Å². The van der Waals surface area contributed by atoms with Crippen molar-refractivity contribution in [3.05, 3.63) is 35.3 Å². The molecule has 0 N–H and O–H groups in total. The maximum atomic E-state index is 7.65. The van der Waals surface area contributed by atoms with E-state index in [1.807, 2.05) is 0 Å². The van der Waals surface area contributed by atoms with Gasteiger partial charge in [-0.05, 0) is 15.9 Å². The average Bonchev–Trinajstić information content (AvgIpc) is 2.51. The average molecular weight is 230 g/mol. The van der Waals surface area contributed by atoms with Crippen LogP contribution in [0.25, 0.3) is 5.82 Å². The summed E-state index contributed by atoms with van der Waals surface area (Å²) in [6, 6.07) is 0. The fourth-order valence-electron chi connectivity index (χ4n) is 0.638. The fraction of sp³-hybridized carbons (Fsp3) is 0. The van der Waals surface area contributed by atoms with Crippen LogP contribution >= 0.6 is 15.9 Å². The van der Waals surface area contributed by atoms with Crippen LogP contribution in [0.2, 0.25) is 0 Å². The molecule has 0 aliphatic carbocycles. The molecule has 0 amide bonds. The molecule has 12 heavy (non-hydrogen) atoms. The van der Waals surface area contributed by atoms with Crippen molar-refractivity contribution in [2.75, 3.05) is 0 Å². The third kappa shape index (κ3) is 1.35. The predicted octanol–water partition coefficient (Wildman–Crippen LogP) is 1.42. The van der Waals surface area contributed by atoms with E-state index in [0.29, 0.717) is 0 Å². The highest BCUT2D eigenvalue weighted by atomic mass is 79.9. The van der Waals surface area contributed by atoms with E-state index < -0.39 is 12.3 Å². The molecule has 0 unspecified atom stereocenters. The van der Waals surface area contributed by atoms with Crippen LogP contribution in [0, 0.1) is 0 Å².